The van der Waals surface area contributed by atoms with Crippen molar-refractivity contribution in [1.29, 1.82) is 0 Å². The molecule has 1 atom stereocenters. The van der Waals surface area contributed by atoms with Crippen molar-refractivity contribution in [3.05, 3.63) is 40.5 Å². The highest BCUT2D eigenvalue weighted by Gasteiger charge is 2.16. The van der Waals surface area contributed by atoms with E-state index in [-0.39, 0.29) is 11.9 Å². The lowest BCUT2D eigenvalue weighted by Gasteiger charge is -2.13. The van der Waals surface area contributed by atoms with Crippen molar-refractivity contribution in [2.24, 2.45) is 0 Å². The van der Waals surface area contributed by atoms with Crippen LogP contribution in [-0.2, 0) is 4.79 Å². The third-order valence-electron chi connectivity index (χ3n) is 2.70. The Labute approximate surface area is 147 Å². The molecule has 9 heteroatoms. The Hall–Kier alpha value is -1.70. The Morgan fingerprint density at radius 2 is 2.13 bits per heavy atom. The van der Waals surface area contributed by atoms with Gasteiger partial charge in [-0.25, -0.2) is 4.98 Å². The van der Waals surface area contributed by atoms with E-state index in [0.29, 0.717) is 15.9 Å². The molecule has 0 saturated heterocycles. The highest BCUT2D eigenvalue weighted by molar-refractivity contribution is 8.00. The number of thioether (sulfide) groups is 1. The number of nitrogens with zero attached hydrogens (tertiary/aromatic N) is 2. The zero-order chi connectivity index (χ0) is 16.8. The minimum atomic E-state index is -0.399. The number of hydrazine groups is 1. The van der Waals surface area contributed by atoms with Gasteiger partial charge in [-0.2, -0.15) is 4.98 Å². The fourth-order valence-corrected chi connectivity index (χ4v) is 2.96. The lowest BCUT2D eigenvalue weighted by molar-refractivity contribution is -0.119. The SMILES string of the molecule is COc1ccnc(NNC(=O)C(C)Sc2cc(Cl)ccc2Cl)n1. The summed E-state index contributed by atoms with van der Waals surface area (Å²) in [4.78, 5) is 20.8. The van der Waals surface area contributed by atoms with Crippen LogP contribution in [0.5, 0.6) is 5.88 Å². The van der Waals surface area contributed by atoms with E-state index in [1.54, 1.807) is 31.2 Å². The standard InChI is InChI=1S/C14H14Cl2N4O2S/c1-8(23-11-7-9(15)3-4-10(11)16)13(21)19-20-14-17-6-5-12(18-14)22-2/h3-8H,1-2H3,(H,19,21)(H,17,18,20). The first-order chi connectivity index (χ1) is 11.0. The summed E-state index contributed by atoms with van der Waals surface area (Å²) in [7, 11) is 1.50. The lowest BCUT2D eigenvalue weighted by Crippen LogP contribution is -2.36. The average Bonchev–Trinajstić information content (AvgIpc) is 2.56. The van der Waals surface area contributed by atoms with Gasteiger partial charge in [-0.1, -0.05) is 23.2 Å². The maximum Gasteiger partial charge on any atom is 0.251 e. The molecule has 2 aromatic rings. The summed E-state index contributed by atoms with van der Waals surface area (Å²) < 4.78 is 4.98. The predicted octanol–water partition coefficient (Wildman–Crippen LogP) is 3.42. The van der Waals surface area contributed by atoms with Gasteiger partial charge in [-0.15, -0.1) is 11.8 Å². The molecule has 0 saturated carbocycles. The number of nitrogens with one attached hydrogen (secondary N) is 2. The zero-order valence-corrected chi connectivity index (χ0v) is 14.7. The smallest absolute Gasteiger partial charge is 0.251 e. The van der Waals surface area contributed by atoms with Gasteiger partial charge in [-0.05, 0) is 25.1 Å². The number of amides is 1. The molecule has 2 N–H and O–H groups in total. The van der Waals surface area contributed by atoms with Crippen molar-refractivity contribution < 1.29 is 9.53 Å². The molecule has 1 amide bonds. The average molecular weight is 373 g/mol. The molecule has 0 spiro atoms. The third kappa shape index (κ3) is 5.16. The molecule has 1 unspecified atom stereocenters. The first-order valence-corrected chi connectivity index (χ1v) is 8.17. The number of carbonyl (C=O) groups is 1. The number of aromatic nitrogens is 2. The van der Waals surface area contributed by atoms with Crippen LogP contribution < -0.4 is 15.6 Å². The summed E-state index contributed by atoms with van der Waals surface area (Å²) in [5.41, 5.74) is 5.18. The maximum atomic E-state index is 12.1. The van der Waals surface area contributed by atoms with Gasteiger partial charge in [0.05, 0.1) is 17.4 Å². The molecule has 0 aliphatic heterocycles. The number of carbonyl (C=O) groups excluding carboxylic acids is 1. The maximum absolute atomic E-state index is 12.1. The van der Waals surface area contributed by atoms with Crippen LogP contribution in [0.25, 0.3) is 0 Å². The highest BCUT2D eigenvalue weighted by atomic mass is 35.5. The van der Waals surface area contributed by atoms with Crippen LogP contribution in [0.1, 0.15) is 6.92 Å². The number of hydrogen-bond donors (Lipinski definition) is 2. The van der Waals surface area contributed by atoms with E-state index in [2.05, 4.69) is 20.8 Å². The number of hydrogen-bond acceptors (Lipinski definition) is 6. The van der Waals surface area contributed by atoms with E-state index in [1.807, 2.05) is 0 Å². The summed E-state index contributed by atoms with van der Waals surface area (Å²) in [6.07, 6.45) is 1.52. The van der Waals surface area contributed by atoms with Crippen LogP contribution in [0.2, 0.25) is 10.0 Å². The summed E-state index contributed by atoms with van der Waals surface area (Å²) in [5, 5.41) is 0.708. The van der Waals surface area contributed by atoms with Gasteiger partial charge in [0.1, 0.15) is 0 Å². The highest BCUT2D eigenvalue weighted by Crippen LogP contribution is 2.32. The molecule has 23 heavy (non-hydrogen) atoms. The van der Waals surface area contributed by atoms with Crippen molar-refractivity contribution in [3.8, 4) is 5.88 Å². The van der Waals surface area contributed by atoms with Crippen molar-refractivity contribution in [3.63, 3.8) is 0 Å². The van der Waals surface area contributed by atoms with E-state index in [1.165, 1.54) is 25.1 Å². The topological polar surface area (TPSA) is 76.1 Å². The molecule has 0 aliphatic rings. The molecule has 1 aromatic heterocycles. The second-order valence-corrected chi connectivity index (χ2v) is 6.60. The molecule has 0 fully saturated rings. The summed E-state index contributed by atoms with van der Waals surface area (Å²) >= 11 is 13.3. The van der Waals surface area contributed by atoms with Gasteiger partial charge in [0.25, 0.3) is 5.91 Å². The van der Waals surface area contributed by atoms with E-state index in [9.17, 15) is 4.79 Å². The third-order valence-corrected chi connectivity index (χ3v) is 4.54. The van der Waals surface area contributed by atoms with Crippen molar-refractivity contribution >= 4 is 46.8 Å². The van der Waals surface area contributed by atoms with Gasteiger partial charge < -0.3 is 4.74 Å². The van der Waals surface area contributed by atoms with Crippen molar-refractivity contribution in [1.82, 2.24) is 15.4 Å². The molecule has 122 valence electrons. The summed E-state index contributed by atoms with van der Waals surface area (Å²) in [5.74, 6) is 0.373. The zero-order valence-electron chi connectivity index (χ0n) is 12.3. The van der Waals surface area contributed by atoms with Gasteiger partial charge in [0.2, 0.25) is 11.8 Å². The van der Waals surface area contributed by atoms with Crippen LogP contribution in [0, 0.1) is 0 Å². The fraction of sp³-hybridized carbons (Fsp3) is 0.214. The predicted molar refractivity (Wildman–Crippen MR) is 92.1 cm³/mol. The van der Waals surface area contributed by atoms with Crippen molar-refractivity contribution in [2.45, 2.75) is 17.1 Å². The number of methoxy groups -OCH3 is 1. The monoisotopic (exact) mass is 372 g/mol. The van der Waals surface area contributed by atoms with E-state index in [0.717, 1.165) is 4.90 Å². The molecule has 2 rings (SSSR count). The number of benzene rings is 1. The fourth-order valence-electron chi connectivity index (χ4n) is 1.55. The summed E-state index contributed by atoms with van der Waals surface area (Å²) in [6, 6.07) is 6.71. The minimum Gasteiger partial charge on any atom is -0.481 e. The Morgan fingerprint density at radius 3 is 2.87 bits per heavy atom. The van der Waals surface area contributed by atoms with Crippen LogP contribution >= 0.6 is 35.0 Å². The second kappa shape index (κ2) is 8.24. The van der Waals surface area contributed by atoms with Crippen LogP contribution in [0.4, 0.5) is 5.95 Å². The number of ether oxygens (including phenoxy) is 1. The van der Waals surface area contributed by atoms with Crippen LogP contribution in [0.3, 0.4) is 0 Å². The minimum absolute atomic E-state index is 0.232. The second-order valence-electron chi connectivity index (χ2n) is 4.37. The molecular weight excluding hydrogens is 359 g/mol. The Bertz CT molecular complexity index is 702. The van der Waals surface area contributed by atoms with Gasteiger partial charge in [0.15, 0.2) is 0 Å². The lowest BCUT2D eigenvalue weighted by atomic mass is 10.4. The number of rotatable bonds is 6. The Morgan fingerprint density at radius 1 is 1.35 bits per heavy atom. The molecule has 0 bridgehead atoms. The Balaban J connectivity index is 1.93. The molecule has 6 nitrogen and oxygen atoms in total. The van der Waals surface area contributed by atoms with Crippen LogP contribution in [-0.4, -0.2) is 28.2 Å². The van der Waals surface area contributed by atoms with E-state index in [4.69, 9.17) is 27.9 Å². The summed E-state index contributed by atoms with van der Waals surface area (Å²) in [6.45, 7) is 1.76. The molecular formula is C14H14Cl2N4O2S. The van der Waals surface area contributed by atoms with Gasteiger partial charge in [-0.3, -0.25) is 15.6 Å². The quantitative estimate of drug-likeness (QED) is 0.597. The Kier molecular flexibility index (Phi) is 6.32. The van der Waals surface area contributed by atoms with Gasteiger partial charge >= 0.3 is 0 Å². The largest absolute Gasteiger partial charge is 0.481 e. The molecule has 1 heterocycles. The van der Waals surface area contributed by atoms with Crippen molar-refractivity contribution in [2.75, 3.05) is 12.5 Å². The van der Waals surface area contributed by atoms with Gasteiger partial charge in [0, 0.05) is 22.2 Å². The van der Waals surface area contributed by atoms with Crippen LogP contribution in [0.15, 0.2) is 35.4 Å². The number of anilines is 1. The van der Waals surface area contributed by atoms with E-state index < -0.39 is 5.25 Å². The first kappa shape index (κ1) is 17.7. The molecule has 0 radical (unpaired) electrons. The van der Waals surface area contributed by atoms with E-state index >= 15 is 0 Å². The number of halogens is 2. The first-order valence-electron chi connectivity index (χ1n) is 6.54. The normalized spacial score (nSPS) is 11.7. The molecule has 1 aromatic carbocycles. The molecule has 0 aliphatic carbocycles.